The number of fused-ring (bicyclic) bond motifs is 1. The molecule has 3 rings (SSSR count). The number of hydrogen-bond acceptors (Lipinski definition) is 6. The summed E-state index contributed by atoms with van der Waals surface area (Å²) in [5, 5.41) is 5.78. The van der Waals surface area contributed by atoms with E-state index in [1.54, 1.807) is 4.52 Å². The molecule has 0 fully saturated rings. The van der Waals surface area contributed by atoms with Crippen molar-refractivity contribution < 1.29 is 0 Å². The fourth-order valence-corrected chi connectivity index (χ4v) is 2.76. The van der Waals surface area contributed by atoms with Gasteiger partial charge < -0.3 is 5.43 Å². The van der Waals surface area contributed by atoms with Crippen LogP contribution in [0.3, 0.4) is 0 Å². The van der Waals surface area contributed by atoms with Crippen LogP contribution in [-0.2, 0) is 5.75 Å². The van der Waals surface area contributed by atoms with Crippen molar-refractivity contribution >= 4 is 35.0 Å². The van der Waals surface area contributed by atoms with Crippen LogP contribution < -0.4 is 11.3 Å². The maximum absolute atomic E-state index is 5.87. The van der Waals surface area contributed by atoms with Gasteiger partial charge in [0.05, 0.1) is 0 Å². The van der Waals surface area contributed by atoms with Gasteiger partial charge in [-0.2, -0.15) is 9.50 Å². The number of anilines is 1. The molecule has 0 aliphatic heterocycles. The Balaban J connectivity index is 1.83. The summed E-state index contributed by atoms with van der Waals surface area (Å²) in [5.74, 6) is 7.43. The summed E-state index contributed by atoms with van der Waals surface area (Å²) in [6.07, 6.45) is 0. The van der Waals surface area contributed by atoms with Gasteiger partial charge in [-0.05, 0) is 24.6 Å². The number of aromatic nitrogens is 4. The van der Waals surface area contributed by atoms with E-state index in [0.717, 1.165) is 22.0 Å². The summed E-state index contributed by atoms with van der Waals surface area (Å²) in [6, 6.07) is 9.53. The van der Waals surface area contributed by atoms with Gasteiger partial charge in [-0.15, -0.1) is 5.10 Å². The molecule has 3 aromatic rings. The van der Waals surface area contributed by atoms with Crippen molar-refractivity contribution in [2.45, 2.75) is 17.8 Å². The molecule has 0 saturated heterocycles. The molecule has 8 heteroatoms. The van der Waals surface area contributed by atoms with Crippen LogP contribution in [0, 0.1) is 6.92 Å². The van der Waals surface area contributed by atoms with E-state index in [2.05, 4.69) is 20.5 Å². The van der Waals surface area contributed by atoms with Gasteiger partial charge >= 0.3 is 0 Å². The molecule has 2 aromatic heterocycles. The molecule has 0 spiro atoms. The first-order valence-corrected chi connectivity index (χ1v) is 7.60. The average Bonchev–Trinajstić information content (AvgIpc) is 2.88. The van der Waals surface area contributed by atoms with E-state index in [4.69, 9.17) is 17.4 Å². The number of nitrogens with one attached hydrogen (secondary N) is 1. The van der Waals surface area contributed by atoms with Crippen LogP contribution in [0.4, 0.5) is 5.82 Å². The summed E-state index contributed by atoms with van der Waals surface area (Å²) in [5.41, 5.74) is 4.59. The lowest BCUT2D eigenvalue weighted by molar-refractivity contribution is 0.875. The molecular weight excluding hydrogens is 308 g/mol. The smallest absolute Gasteiger partial charge is 0.255 e. The van der Waals surface area contributed by atoms with Crippen molar-refractivity contribution in [2.75, 3.05) is 5.43 Å². The number of hydrazine groups is 1. The summed E-state index contributed by atoms with van der Waals surface area (Å²) in [7, 11) is 0. The monoisotopic (exact) mass is 320 g/mol. The van der Waals surface area contributed by atoms with Gasteiger partial charge in [0.15, 0.2) is 0 Å². The van der Waals surface area contributed by atoms with E-state index in [1.807, 2.05) is 37.3 Å². The third kappa shape index (κ3) is 3.10. The lowest BCUT2D eigenvalue weighted by atomic mass is 10.2. The Hall–Kier alpha value is -1.83. The molecule has 0 aliphatic rings. The standard InChI is InChI=1S/C13H13ClN6S/c1-8-6-11(18-15)20-12(16-8)17-13(19-20)21-7-9-2-4-10(14)5-3-9/h2-6,18H,7,15H2,1H3. The second-order valence-electron chi connectivity index (χ2n) is 4.45. The Labute approximate surface area is 130 Å². The molecule has 0 atom stereocenters. The molecule has 1 aromatic carbocycles. The molecule has 0 aliphatic carbocycles. The summed E-state index contributed by atoms with van der Waals surface area (Å²) in [4.78, 5) is 8.73. The van der Waals surface area contributed by atoms with Crippen LogP contribution in [0.2, 0.25) is 5.02 Å². The number of nitrogens with two attached hydrogens (primary N) is 1. The van der Waals surface area contributed by atoms with Crippen LogP contribution in [0.1, 0.15) is 11.3 Å². The molecule has 2 heterocycles. The zero-order chi connectivity index (χ0) is 14.8. The van der Waals surface area contributed by atoms with Gasteiger partial charge in [0.2, 0.25) is 5.16 Å². The van der Waals surface area contributed by atoms with Gasteiger partial charge in [0.25, 0.3) is 5.78 Å². The first kappa shape index (κ1) is 14.1. The van der Waals surface area contributed by atoms with Crippen molar-refractivity contribution in [3.63, 3.8) is 0 Å². The third-order valence-electron chi connectivity index (χ3n) is 2.85. The number of hydrogen-bond donors (Lipinski definition) is 2. The summed E-state index contributed by atoms with van der Waals surface area (Å²) < 4.78 is 1.59. The van der Waals surface area contributed by atoms with E-state index >= 15 is 0 Å². The minimum absolute atomic E-state index is 0.529. The summed E-state index contributed by atoms with van der Waals surface area (Å²) in [6.45, 7) is 1.88. The molecule has 21 heavy (non-hydrogen) atoms. The molecule has 0 radical (unpaired) electrons. The Morgan fingerprint density at radius 3 is 2.76 bits per heavy atom. The first-order valence-electron chi connectivity index (χ1n) is 6.24. The normalized spacial score (nSPS) is 11.0. The highest BCUT2D eigenvalue weighted by atomic mass is 35.5. The topological polar surface area (TPSA) is 81.1 Å². The Morgan fingerprint density at radius 1 is 1.29 bits per heavy atom. The van der Waals surface area contributed by atoms with Gasteiger partial charge in [0, 0.05) is 22.5 Å². The lowest BCUT2D eigenvalue weighted by Crippen LogP contribution is -2.12. The van der Waals surface area contributed by atoms with Gasteiger partial charge in [0.1, 0.15) is 5.82 Å². The number of nitrogen functional groups attached to an aromatic ring is 1. The van der Waals surface area contributed by atoms with Crippen LogP contribution in [0.15, 0.2) is 35.5 Å². The molecule has 108 valence electrons. The molecule has 0 unspecified atom stereocenters. The maximum Gasteiger partial charge on any atom is 0.255 e. The zero-order valence-electron chi connectivity index (χ0n) is 11.2. The molecule has 3 N–H and O–H groups in total. The van der Waals surface area contributed by atoms with E-state index in [9.17, 15) is 0 Å². The number of nitrogens with zero attached hydrogens (tertiary/aromatic N) is 4. The zero-order valence-corrected chi connectivity index (χ0v) is 12.8. The number of halogens is 1. The van der Waals surface area contributed by atoms with Crippen LogP contribution in [0.25, 0.3) is 5.78 Å². The average molecular weight is 321 g/mol. The SMILES string of the molecule is Cc1cc(NN)n2nc(SCc3ccc(Cl)cc3)nc2n1. The molecule has 0 saturated carbocycles. The lowest BCUT2D eigenvalue weighted by Gasteiger charge is -2.02. The minimum atomic E-state index is 0.529. The predicted octanol–water partition coefficient (Wildman–Crippen LogP) is 2.66. The maximum atomic E-state index is 5.87. The van der Waals surface area contributed by atoms with Crippen molar-refractivity contribution in [1.82, 2.24) is 19.6 Å². The quantitative estimate of drug-likeness (QED) is 0.437. The number of aryl methyl sites for hydroxylation is 1. The van der Waals surface area contributed by atoms with Gasteiger partial charge in [-0.25, -0.2) is 10.8 Å². The molecule has 6 nitrogen and oxygen atoms in total. The largest absolute Gasteiger partial charge is 0.308 e. The second kappa shape index (κ2) is 5.88. The van der Waals surface area contributed by atoms with Crippen LogP contribution >= 0.6 is 23.4 Å². The Bertz CT molecular complexity index is 770. The third-order valence-corrected chi connectivity index (χ3v) is 4.01. The fourth-order valence-electron chi connectivity index (χ4n) is 1.86. The number of thioether (sulfide) groups is 1. The molecule has 0 amide bonds. The van der Waals surface area contributed by atoms with Crippen molar-refractivity contribution in [2.24, 2.45) is 5.84 Å². The Morgan fingerprint density at radius 2 is 2.05 bits per heavy atom. The van der Waals surface area contributed by atoms with Gasteiger partial charge in [-0.1, -0.05) is 35.5 Å². The van der Waals surface area contributed by atoms with E-state index in [0.29, 0.717) is 16.8 Å². The summed E-state index contributed by atoms with van der Waals surface area (Å²) >= 11 is 7.40. The number of rotatable bonds is 4. The molecular formula is C13H13ClN6S. The van der Waals surface area contributed by atoms with Crippen molar-refractivity contribution in [3.8, 4) is 0 Å². The first-order chi connectivity index (χ1) is 10.2. The minimum Gasteiger partial charge on any atom is -0.308 e. The highest BCUT2D eigenvalue weighted by Gasteiger charge is 2.09. The Kier molecular flexibility index (Phi) is 3.96. The van der Waals surface area contributed by atoms with E-state index in [-0.39, 0.29) is 0 Å². The predicted molar refractivity (Wildman–Crippen MR) is 84.3 cm³/mol. The van der Waals surface area contributed by atoms with Crippen molar-refractivity contribution in [3.05, 3.63) is 46.6 Å². The van der Waals surface area contributed by atoms with Crippen LogP contribution in [-0.4, -0.2) is 19.6 Å². The van der Waals surface area contributed by atoms with E-state index < -0.39 is 0 Å². The second-order valence-corrected chi connectivity index (χ2v) is 5.83. The van der Waals surface area contributed by atoms with Crippen LogP contribution in [0.5, 0.6) is 0 Å². The molecule has 0 bridgehead atoms. The highest BCUT2D eigenvalue weighted by Crippen LogP contribution is 2.22. The van der Waals surface area contributed by atoms with Gasteiger partial charge in [-0.3, -0.25) is 0 Å². The van der Waals surface area contributed by atoms with Crippen molar-refractivity contribution in [1.29, 1.82) is 0 Å². The fraction of sp³-hybridized carbons (Fsp3) is 0.154. The van der Waals surface area contributed by atoms with E-state index in [1.165, 1.54) is 11.8 Å². The number of benzene rings is 1. The highest BCUT2D eigenvalue weighted by molar-refractivity contribution is 7.98.